The van der Waals surface area contributed by atoms with E-state index >= 15 is 0 Å². The lowest BCUT2D eigenvalue weighted by molar-refractivity contribution is -0.719. The first-order chi connectivity index (χ1) is 31.3. The van der Waals surface area contributed by atoms with Crippen molar-refractivity contribution in [2.24, 2.45) is 58.9 Å². The second kappa shape index (κ2) is 17.3. The van der Waals surface area contributed by atoms with Gasteiger partial charge in [0.1, 0.15) is 17.7 Å². The molecule has 31 heteroatoms. The Balaban J connectivity index is 1.38. The molecule has 0 unspecified atom stereocenters. The summed E-state index contributed by atoms with van der Waals surface area (Å²) in [6.07, 6.45) is 0. The number of carbonyl (C=O) groups excluding carboxylic acids is 3. The number of Topliss-reactive ketones (excluding diaryl/α,β-unsaturated/α-hetero) is 1. The van der Waals surface area contributed by atoms with Crippen LogP contribution >= 0.6 is 0 Å². The Morgan fingerprint density at radius 2 is 1.05 bits per heavy atom. The number of hydrogen-bond donors (Lipinski definition) is 4. The molecule has 342 valence electrons. The number of aliphatic hydroxyl groups excluding tert-OH is 1. The summed E-state index contributed by atoms with van der Waals surface area (Å²) in [7, 11) is 8.75. The van der Waals surface area contributed by atoms with Gasteiger partial charge < -0.3 is 31.8 Å². The minimum absolute atomic E-state index is 0.0213. The molecule has 7 heterocycles. The highest BCUT2D eigenvalue weighted by Gasteiger charge is 2.30. The Morgan fingerprint density at radius 1 is 0.591 bits per heavy atom. The molecule has 0 aliphatic carbocycles. The van der Waals surface area contributed by atoms with E-state index in [1.807, 2.05) is 0 Å². The molecule has 0 aliphatic rings. The first kappa shape index (κ1) is 45.0. The number of azo groups is 3. The van der Waals surface area contributed by atoms with Crippen molar-refractivity contribution in [2.45, 2.75) is 34.6 Å². The van der Waals surface area contributed by atoms with Crippen molar-refractivity contribution < 1.29 is 33.6 Å². The number of aliphatic hydroxyl groups is 1. The van der Waals surface area contributed by atoms with Crippen LogP contribution in [0.1, 0.15) is 59.5 Å². The molecule has 7 N–H and O–H groups in total. The first-order valence-corrected chi connectivity index (χ1v) is 19.2. The van der Waals surface area contributed by atoms with Gasteiger partial charge in [0, 0.05) is 37.2 Å². The van der Waals surface area contributed by atoms with Gasteiger partial charge in [-0.05, 0) is 34.6 Å². The number of carbonyl (C=O) groups is 3. The minimum Gasteiger partial charge on any atom is -0.465 e. The van der Waals surface area contributed by atoms with Gasteiger partial charge in [-0.25, -0.2) is 19.0 Å². The summed E-state index contributed by atoms with van der Waals surface area (Å²) in [5.74, 6) is -2.86. The molecule has 0 fully saturated rings. The number of esters is 2. The Hall–Kier alpha value is -9.03. The van der Waals surface area contributed by atoms with Crippen molar-refractivity contribution >= 4 is 69.8 Å². The van der Waals surface area contributed by atoms with Gasteiger partial charge in [0.25, 0.3) is 17.7 Å². The molecule has 0 aliphatic heterocycles. The number of methoxy groups -OCH3 is 2. The number of rotatable bonds is 13. The Labute approximate surface area is 371 Å². The molecule has 0 saturated heterocycles. The average molecular weight is 909 g/mol. The van der Waals surface area contributed by atoms with Crippen molar-refractivity contribution in [1.29, 1.82) is 0 Å². The van der Waals surface area contributed by atoms with E-state index in [4.69, 9.17) is 26.7 Å². The average Bonchev–Trinajstić information content (AvgIpc) is 4.07. The summed E-state index contributed by atoms with van der Waals surface area (Å²) in [4.78, 5) is 51.5. The summed E-state index contributed by atoms with van der Waals surface area (Å²) in [5.41, 5.74) is 22.1. The van der Waals surface area contributed by atoms with Crippen molar-refractivity contribution in [3.8, 4) is 17.8 Å². The fraction of sp³-hybridized carbons (Fsp3) is 0.343. The minimum atomic E-state index is -0.775. The lowest BCUT2D eigenvalue weighted by Gasteiger charge is -2.07. The fourth-order valence-electron chi connectivity index (χ4n) is 6.56. The van der Waals surface area contributed by atoms with Gasteiger partial charge in [0.05, 0.1) is 49.6 Å². The zero-order chi connectivity index (χ0) is 48.0. The van der Waals surface area contributed by atoms with Crippen LogP contribution in [0.5, 0.6) is 0 Å². The molecule has 0 amide bonds. The van der Waals surface area contributed by atoms with Crippen LogP contribution in [0.3, 0.4) is 0 Å². The Bertz CT molecular complexity index is 3060. The molecule has 0 spiro atoms. The quantitative estimate of drug-likeness (QED) is 0.0554. The van der Waals surface area contributed by atoms with Gasteiger partial charge >= 0.3 is 23.7 Å². The van der Waals surface area contributed by atoms with Crippen LogP contribution < -0.4 is 21.9 Å². The Kier molecular flexibility index (Phi) is 11.8. The normalized spacial score (nSPS) is 11.9. The topological polar surface area (TPSA) is 392 Å². The van der Waals surface area contributed by atoms with Gasteiger partial charge in [-0.2, -0.15) is 44.7 Å². The summed E-state index contributed by atoms with van der Waals surface area (Å²) < 4.78 is 18.6. The van der Waals surface area contributed by atoms with E-state index in [-0.39, 0.29) is 98.0 Å². The number of ether oxygens (including phenoxy) is 2. The van der Waals surface area contributed by atoms with Crippen molar-refractivity contribution in [3.63, 3.8) is 0 Å². The number of ketones is 1. The van der Waals surface area contributed by atoms with E-state index in [2.05, 4.69) is 76.3 Å². The van der Waals surface area contributed by atoms with Crippen LogP contribution in [0, 0.1) is 34.6 Å². The largest absolute Gasteiger partial charge is 0.465 e. The van der Waals surface area contributed by atoms with Crippen LogP contribution in [-0.4, -0.2) is 117 Å². The van der Waals surface area contributed by atoms with Crippen LogP contribution in [0.15, 0.2) is 30.7 Å². The third kappa shape index (κ3) is 7.72. The van der Waals surface area contributed by atoms with Gasteiger partial charge in [-0.1, -0.05) is 9.80 Å². The monoisotopic (exact) mass is 908 g/mol. The van der Waals surface area contributed by atoms with Crippen LogP contribution in [0.25, 0.3) is 17.8 Å². The molecule has 0 atom stereocenters. The number of nitrogens with two attached hydrogens (primary N) is 3. The van der Waals surface area contributed by atoms with Crippen molar-refractivity contribution in [2.75, 3.05) is 38.0 Å². The molecule has 7 rings (SSSR count). The molecule has 0 saturated carbocycles. The second-order valence-electron chi connectivity index (χ2n) is 14.2. The Morgan fingerprint density at radius 3 is 1.48 bits per heavy atom. The number of nitrogen functional groups attached to an aromatic ring is 3. The molecule has 0 bridgehead atoms. The standard InChI is InChI=1S/C35H41N25O6/c1-13-19(31(63)65-10)28(55(7)48-13)45-42-22-15(3)50-58(24(22)36)33-39-34(59-25(37)23(16(4)51-59)43-46-29-20(32(64)66-11)14(2)49-56(29)8)41-35(40-33)60-26(38)30(57(9)53-60)47-44-27-21(18(62)12-61)17(5)54(6)52-27/h61H,12H2,1-11H3,(H5-,36,37,38,44,45,46,48,49,50,51,52,53,63,64)/p+1. The van der Waals surface area contributed by atoms with E-state index in [1.165, 1.54) is 40.0 Å². The van der Waals surface area contributed by atoms with Gasteiger partial charge in [0.2, 0.25) is 5.82 Å². The molecule has 31 nitrogen and oxygen atoms in total. The van der Waals surface area contributed by atoms with E-state index in [0.29, 0.717) is 17.1 Å². The maximum absolute atomic E-state index is 12.6. The van der Waals surface area contributed by atoms with E-state index < -0.39 is 24.3 Å². The van der Waals surface area contributed by atoms with Crippen LogP contribution in [0.4, 0.5) is 52.1 Å². The maximum atomic E-state index is 12.6. The van der Waals surface area contributed by atoms with Crippen molar-refractivity contribution in [3.05, 3.63) is 45.2 Å². The van der Waals surface area contributed by atoms with E-state index in [0.717, 1.165) is 14.0 Å². The maximum Gasteiger partial charge on any atom is 0.365 e. The number of hydrogen-bond acceptors (Lipinski definition) is 24. The molecule has 0 radical (unpaired) electrons. The van der Waals surface area contributed by atoms with Gasteiger partial charge in [-0.15, -0.1) is 30.2 Å². The first-order valence-electron chi connectivity index (χ1n) is 19.2. The SMILES string of the molecule is COC(=O)c1c(C)nn(C)c1N=Nc1c(C)nn(-c2nc(-n3nc(C)c(N=Nc4c(C(=O)OC)c(C)nn4C)c3N)nc(-n3n[n+](C)c(N=Nc4nn(C)c(C)c4C(=O)CO)c3N)n2)c1N. The summed E-state index contributed by atoms with van der Waals surface area (Å²) in [5, 5.41) is 61.4. The predicted molar refractivity (Wildman–Crippen MR) is 226 cm³/mol. The summed E-state index contributed by atoms with van der Waals surface area (Å²) in [6, 6.07) is 0. The van der Waals surface area contributed by atoms with E-state index in [9.17, 15) is 19.5 Å². The van der Waals surface area contributed by atoms with E-state index in [1.54, 1.807) is 55.8 Å². The second-order valence-corrected chi connectivity index (χ2v) is 14.2. The zero-order valence-electron chi connectivity index (χ0n) is 37.3. The fourth-order valence-corrected chi connectivity index (χ4v) is 6.56. The molecule has 0 aromatic carbocycles. The van der Waals surface area contributed by atoms with Crippen molar-refractivity contribution in [1.82, 2.24) is 73.7 Å². The van der Waals surface area contributed by atoms with Crippen LogP contribution in [0.2, 0.25) is 0 Å². The molecule has 66 heavy (non-hydrogen) atoms. The van der Waals surface area contributed by atoms with Gasteiger partial charge in [0.15, 0.2) is 40.4 Å². The highest BCUT2D eigenvalue weighted by atomic mass is 16.5. The smallest absolute Gasteiger partial charge is 0.365 e. The highest BCUT2D eigenvalue weighted by molar-refractivity contribution is 6.01. The highest BCUT2D eigenvalue weighted by Crippen LogP contribution is 2.34. The molecular formula is C35H42N25O6+. The third-order valence-electron chi connectivity index (χ3n) is 9.91. The third-order valence-corrected chi connectivity index (χ3v) is 9.91. The van der Waals surface area contributed by atoms with Gasteiger partial charge in [-0.3, -0.25) is 9.48 Å². The zero-order valence-corrected chi connectivity index (χ0v) is 37.3. The lowest BCUT2D eigenvalue weighted by Crippen LogP contribution is -2.31. The molecule has 7 aromatic heterocycles. The molecule has 7 aromatic rings. The lowest BCUT2D eigenvalue weighted by atomic mass is 10.1. The number of aromatic nitrogens is 16. The summed E-state index contributed by atoms with van der Waals surface area (Å²) in [6.45, 7) is 7.32. The predicted octanol–water partition coefficient (Wildman–Crippen LogP) is 1.74. The molecular weight excluding hydrogens is 867 g/mol. The van der Waals surface area contributed by atoms with Crippen LogP contribution in [-0.2, 0) is 37.7 Å². The number of anilines is 3. The number of aryl methyl sites for hydroxylation is 8. The number of nitrogens with zero attached hydrogens (tertiary/aromatic N) is 22. The summed E-state index contributed by atoms with van der Waals surface area (Å²) >= 11 is 0.